The summed E-state index contributed by atoms with van der Waals surface area (Å²) in [5, 5.41) is 9.08. The van der Waals surface area contributed by atoms with Gasteiger partial charge in [0.1, 0.15) is 0 Å². The van der Waals surface area contributed by atoms with Crippen LogP contribution in [0.25, 0.3) is 33.9 Å². The van der Waals surface area contributed by atoms with Crippen LogP contribution in [0.2, 0.25) is 5.02 Å². The second kappa shape index (κ2) is 7.59. The summed E-state index contributed by atoms with van der Waals surface area (Å²) in [6, 6.07) is 25.7. The predicted octanol–water partition coefficient (Wildman–Crippen LogP) is 6.14. The zero-order valence-electron chi connectivity index (χ0n) is 14.6. The van der Waals surface area contributed by atoms with Gasteiger partial charge in [-0.2, -0.15) is 5.26 Å². The van der Waals surface area contributed by atoms with Gasteiger partial charge >= 0.3 is 0 Å². The van der Waals surface area contributed by atoms with Gasteiger partial charge in [-0.3, -0.25) is 0 Å². The maximum absolute atomic E-state index is 14.8. The van der Waals surface area contributed by atoms with E-state index in [0.717, 1.165) is 11.1 Å². The van der Waals surface area contributed by atoms with Crippen molar-refractivity contribution in [2.45, 2.75) is 0 Å². The van der Waals surface area contributed by atoms with E-state index in [2.05, 4.69) is 9.97 Å². The monoisotopic (exact) mass is 385 g/mol. The summed E-state index contributed by atoms with van der Waals surface area (Å²) < 4.78 is 14.8. The Hall–Kier alpha value is -3.55. The van der Waals surface area contributed by atoms with Gasteiger partial charge in [-0.05, 0) is 18.2 Å². The molecule has 3 aromatic carbocycles. The van der Waals surface area contributed by atoms with Crippen LogP contribution < -0.4 is 0 Å². The number of rotatable bonds is 3. The van der Waals surface area contributed by atoms with Crippen molar-refractivity contribution in [3.8, 4) is 40.0 Å². The van der Waals surface area contributed by atoms with Crippen LogP contribution in [-0.2, 0) is 0 Å². The highest BCUT2D eigenvalue weighted by Crippen LogP contribution is 2.31. The summed E-state index contributed by atoms with van der Waals surface area (Å²) in [5.74, 6) is -0.471. The van der Waals surface area contributed by atoms with Gasteiger partial charge in [-0.25, -0.2) is 14.4 Å². The maximum Gasteiger partial charge on any atom is 0.163 e. The van der Waals surface area contributed by atoms with Crippen molar-refractivity contribution in [1.29, 1.82) is 5.26 Å². The molecule has 1 aromatic heterocycles. The van der Waals surface area contributed by atoms with E-state index in [1.807, 2.05) is 72.8 Å². The lowest BCUT2D eigenvalue weighted by Crippen LogP contribution is -1.98. The number of nitrogens with zero attached hydrogens (tertiary/aromatic N) is 3. The third kappa shape index (κ3) is 3.48. The Labute approximate surface area is 166 Å². The average Bonchev–Trinajstić information content (AvgIpc) is 2.76. The molecule has 0 amide bonds. The average molecular weight is 386 g/mol. The van der Waals surface area contributed by atoms with Crippen LogP contribution in [0.3, 0.4) is 0 Å². The second-order valence-corrected chi connectivity index (χ2v) is 6.53. The number of benzene rings is 3. The molecule has 3 nitrogen and oxygen atoms in total. The first-order valence-corrected chi connectivity index (χ1v) is 8.93. The number of hydrogen-bond acceptors (Lipinski definition) is 3. The van der Waals surface area contributed by atoms with E-state index in [0.29, 0.717) is 11.4 Å². The van der Waals surface area contributed by atoms with Gasteiger partial charge in [0.2, 0.25) is 0 Å². The Bertz CT molecular complexity index is 1130. The van der Waals surface area contributed by atoms with Crippen molar-refractivity contribution in [3.63, 3.8) is 0 Å². The first-order chi connectivity index (χ1) is 13.7. The maximum atomic E-state index is 14.8. The lowest BCUT2D eigenvalue weighted by Gasteiger charge is -2.10. The minimum Gasteiger partial charge on any atom is -0.228 e. The van der Waals surface area contributed by atoms with Gasteiger partial charge in [0.15, 0.2) is 11.6 Å². The van der Waals surface area contributed by atoms with Gasteiger partial charge in [-0.1, -0.05) is 72.3 Å². The van der Waals surface area contributed by atoms with E-state index in [1.54, 1.807) is 0 Å². The molecule has 0 bridgehead atoms. The van der Waals surface area contributed by atoms with Crippen LogP contribution in [0, 0.1) is 17.1 Å². The molecular weight excluding hydrogens is 373 g/mol. The second-order valence-electron chi connectivity index (χ2n) is 6.13. The van der Waals surface area contributed by atoms with Gasteiger partial charge in [0.25, 0.3) is 0 Å². The highest BCUT2D eigenvalue weighted by atomic mass is 35.5. The largest absolute Gasteiger partial charge is 0.228 e. The molecule has 0 aliphatic heterocycles. The molecule has 0 unspecified atom stereocenters. The lowest BCUT2D eigenvalue weighted by molar-refractivity contribution is 0.630. The fraction of sp³-hybridized carbons (Fsp3) is 0. The Balaban J connectivity index is 1.98. The third-order valence-corrected chi connectivity index (χ3v) is 4.54. The van der Waals surface area contributed by atoms with E-state index in [1.165, 1.54) is 12.1 Å². The van der Waals surface area contributed by atoms with Crippen molar-refractivity contribution in [2.75, 3.05) is 0 Å². The van der Waals surface area contributed by atoms with Crippen molar-refractivity contribution in [1.82, 2.24) is 9.97 Å². The summed E-state index contributed by atoms with van der Waals surface area (Å²) >= 11 is 5.98. The topological polar surface area (TPSA) is 49.6 Å². The summed E-state index contributed by atoms with van der Waals surface area (Å²) in [4.78, 5) is 9.12. The number of halogens is 2. The first-order valence-electron chi connectivity index (χ1n) is 8.55. The zero-order chi connectivity index (χ0) is 19.5. The standard InChI is InChI=1S/C23H13ClFN3/c24-19-12-15(14-26)11-18(22(19)25)23-27-20(16-7-3-1-4-8-16)13-21(28-23)17-9-5-2-6-10-17/h1-13H. The van der Waals surface area contributed by atoms with Crippen LogP contribution in [0.15, 0.2) is 78.9 Å². The van der Waals surface area contributed by atoms with Gasteiger partial charge in [0.05, 0.1) is 33.6 Å². The molecule has 0 fully saturated rings. The number of nitriles is 1. The Kier molecular flexibility index (Phi) is 4.84. The Morgan fingerprint density at radius 2 is 1.32 bits per heavy atom. The normalized spacial score (nSPS) is 10.5. The molecule has 0 N–H and O–H groups in total. The summed E-state index contributed by atoms with van der Waals surface area (Å²) in [6.07, 6.45) is 0. The molecule has 1 heterocycles. The predicted molar refractivity (Wildman–Crippen MR) is 108 cm³/mol. The molecule has 0 atom stereocenters. The molecule has 5 heteroatoms. The van der Waals surface area contributed by atoms with Crippen molar-refractivity contribution < 1.29 is 4.39 Å². The third-order valence-electron chi connectivity index (χ3n) is 4.26. The van der Waals surface area contributed by atoms with E-state index < -0.39 is 5.82 Å². The highest BCUT2D eigenvalue weighted by Gasteiger charge is 2.17. The molecule has 0 spiro atoms. The highest BCUT2D eigenvalue weighted by molar-refractivity contribution is 6.31. The number of hydrogen-bond donors (Lipinski definition) is 0. The minimum absolute atomic E-state index is 0.0963. The lowest BCUT2D eigenvalue weighted by atomic mass is 10.1. The molecule has 0 radical (unpaired) electrons. The van der Waals surface area contributed by atoms with Crippen LogP contribution in [0.1, 0.15) is 5.56 Å². The summed E-state index contributed by atoms with van der Waals surface area (Å²) in [6.45, 7) is 0. The van der Waals surface area contributed by atoms with E-state index >= 15 is 0 Å². The van der Waals surface area contributed by atoms with Crippen LogP contribution in [0.4, 0.5) is 4.39 Å². The van der Waals surface area contributed by atoms with Gasteiger partial charge in [-0.15, -0.1) is 0 Å². The fourth-order valence-electron chi connectivity index (χ4n) is 2.90. The molecule has 0 saturated carbocycles. The zero-order valence-corrected chi connectivity index (χ0v) is 15.4. The summed E-state index contributed by atoms with van der Waals surface area (Å²) in [7, 11) is 0. The van der Waals surface area contributed by atoms with Crippen LogP contribution in [0.5, 0.6) is 0 Å². The molecule has 28 heavy (non-hydrogen) atoms. The minimum atomic E-state index is -0.648. The van der Waals surface area contributed by atoms with E-state index in [4.69, 9.17) is 11.6 Å². The SMILES string of the molecule is N#Cc1cc(Cl)c(F)c(-c2nc(-c3ccccc3)cc(-c3ccccc3)n2)c1. The van der Waals surface area contributed by atoms with Crippen molar-refractivity contribution >= 4 is 11.6 Å². The molecular formula is C23H13ClFN3. The molecule has 4 aromatic rings. The Morgan fingerprint density at radius 1 is 0.786 bits per heavy atom. The molecule has 0 aliphatic rings. The molecule has 4 rings (SSSR count). The van der Waals surface area contributed by atoms with Crippen LogP contribution in [-0.4, -0.2) is 9.97 Å². The van der Waals surface area contributed by atoms with E-state index in [9.17, 15) is 9.65 Å². The molecule has 0 saturated heterocycles. The summed E-state index contributed by atoms with van der Waals surface area (Å²) in [5.41, 5.74) is 3.41. The molecule has 134 valence electrons. The molecule has 0 aliphatic carbocycles. The van der Waals surface area contributed by atoms with Gasteiger partial charge in [0, 0.05) is 11.1 Å². The van der Waals surface area contributed by atoms with E-state index in [-0.39, 0.29) is 22.0 Å². The smallest absolute Gasteiger partial charge is 0.163 e. The van der Waals surface area contributed by atoms with Crippen LogP contribution >= 0.6 is 11.6 Å². The Morgan fingerprint density at radius 3 is 1.82 bits per heavy atom. The first kappa shape index (κ1) is 17.8. The van der Waals surface area contributed by atoms with Crippen molar-refractivity contribution in [3.05, 3.63) is 95.3 Å². The quantitative estimate of drug-likeness (QED) is 0.425. The van der Waals surface area contributed by atoms with Crippen molar-refractivity contribution in [2.24, 2.45) is 0 Å². The van der Waals surface area contributed by atoms with Gasteiger partial charge < -0.3 is 0 Å². The fourth-order valence-corrected chi connectivity index (χ4v) is 3.12. The number of aromatic nitrogens is 2.